The van der Waals surface area contributed by atoms with Crippen molar-refractivity contribution in [3.05, 3.63) is 59.7 Å². The van der Waals surface area contributed by atoms with Crippen LogP contribution in [0, 0.1) is 0 Å². The van der Waals surface area contributed by atoms with Gasteiger partial charge in [0.1, 0.15) is 0 Å². The molecule has 24 heavy (non-hydrogen) atoms. The second-order valence-corrected chi connectivity index (χ2v) is 6.39. The highest BCUT2D eigenvalue weighted by atomic mass is 16.2. The fraction of sp³-hybridized carbons (Fsp3) is 0.300. The van der Waals surface area contributed by atoms with E-state index < -0.39 is 0 Å². The molecule has 0 saturated carbocycles. The maximum Gasteiger partial charge on any atom is 0.258 e. The molecule has 0 aromatic heterocycles. The molecule has 4 heteroatoms. The summed E-state index contributed by atoms with van der Waals surface area (Å²) in [5.74, 6) is 0.0713. The highest BCUT2D eigenvalue weighted by molar-refractivity contribution is 6.13. The van der Waals surface area contributed by atoms with Crippen LogP contribution in [0.25, 0.3) is 0 Å². The second kappa shape index (κ2) is 6.11. The number of hydrogen-bond acceptors (Lipinski definition) is 3. The lowest BCUT2D eigenvalue weighted by Gasteiger charge is -2.29. The number of hydrogen-bond donors (Lipinski definition) is 0. The summed E-state index contributed by atoms with van der Waals surface area (Å²) in [4.78, 5) is 29.0. The van der Waals surface area contributed by atoms with Gasteiger partial charge in [-0.15, -0.1) is 0 Å². The fourth-order valence-electron chi connectivity index (χ4n) is 3.57. The van der Waals surface area contributed by atoms with Gasteiger partial charge in [0, 0.05) is 42.9 Å². The standard InChI is InChI=1S/C20H20N2O2/c23-19-11-14-22(18-6-2-1-5-17(18)19)20(24)15-7-9-16(10-8-15)21-12-3-4-13-21/h1-2,5-10H,3-4,11-14H2. The van der Waals surface area contributed by atoms with Crippen molar-refractivity contribution in [2.75, 3.05) is 29.4 Å². The molecule has 0 N–H and O–H groups in total. The van der Waals surface area contributed by atoms with Crippen LogP contribution in [-0.4, -0.2) is 31.3 Å². The summed E-state index contributed by atoms with van der Waals surface area (Å²) in [6, 6.07) is 15.2. The van der Waals surface area contributed by atoms with Crippen LogP contribution in [0.4, 0.5) is 11.4 Å². The minimum absolute atomic E-state index is 0.0390. The summed E-state index contributed by atoms with van der Waals surface area (Å²) in [5, 5.41) is 0. The molecule has 1 amide bonds. The molecule has 122 valence electrons. The number of carbonyl (C=O) groups is 2. The van der Waals surface area contributed by atoms with E-state index in [1.165, 1.54) is 18.5 Å². The predicted molar refractivity (Wildman–Crippen MR) is 95.0 cm³/mol. The van der Waals surface area contributed by atoms with Crippen molar-refractivity contribution in [3.8, 4) is 0 Å². The van der Waals surface area contributed by atoms with Crippen molar-refractivity contribution in [1.82, 2.24) is 0 Å². The first-order valence-electron chi connectivity index (χ1n) is 8.53. The minimum atomic E-state index is -0.0390. The van der Waals surface area contributed by atoms with Gasteiger partial charge in [0.05, 0.1) is 5.69 Å². The third-order valence-electron chi connectivity index (χ3n) is 4.89. The molecule has 4 nitrogen and oxygen atoms in total. The average molecular weight is 320 g/mol. The van der Waals surface area contributed by atoms with Crippen LogP contribution < -0.4 is 9.80 Å². The van der Waals surface area contributed by atoms with Crippen LogP contribution in [0.3, 0.4) is 0 Å². The van der Waals surface area contributed by atoms with E-state index in [0.717, 1.165) is 18.8 Å². The zero-order valence-corrected chi connectivity index (χ0v) is 13.6. The van der Waals surface area contributed by atoms with Crippen molar-refractivity contribution in [3.63, 3.8) is 0 Å². The van der Waals surface area contributed by atoms with Gasteiger partial charge in [0.25, 0.3) is 5.91 Å². The first-order chi connectivity index (χ1) is 11.7. The second-order valence-electron chi connectivity index (χ2n) is 6.39. The molecule has 2 aliphatic heterocycles. The lowest BCUT2D eigenvalue weighted by atomic mass is 9.99. The Labute approximate surface area is 141 Å². The van der Waals surface area contributed by atoms with Gasteiger partial charge in [-0.3, -0.25) is 9.59 Å². The Kier molecular flexibility index (Phi) is 3.81. The molecule has 2 heterocycles. The van der Waals surface area contributed by atoms with Gasteiger partial charge >= 0.3 is 0 Å². The summed E-state index contributed by atoms with van der Waals surface area (Å²) in [5.41, 5.74) is 3.22. The van der Waals surface area contributed by atoms with Crippen LogP contribution in [0.1, 0.15) is 40.0 Å². The smallest absolute Gasteiger partial charge is 0.258 e. The van der Waals surface area contributed by atoms with Crippen LogP contribution in [-0.2, 0) is 0 Å². The number of anilines is 2. The van der Waals surface area contributed by atoms with E-state index in [2.05, 4.69) is 4.90 Å². The van der Waals surface area contributed by atoms with Gasteiger partial charge in [0.2, 0.25) is 0 Å². The topological polar surface area (TPSA) is 40.6 Å². The molecule has 0 radical (unpaired) electrons. The Morgan fingerprint density at radius 3 is 2.33 bits per heavy atom. The van der Waals surface area contributed by atoms with Gasteiger partial charge in [-0.25, -0.2) is 0 Å². The van der Waals surface area contributed by atoms with Gasteiger partial charge in [-0.2, -0.15) is 0 Å². The fourth-order valence-corrected chi connectivity index (χ4v) is 3.57. The average Bonchev–Trinajstić information content (AvgIpc) is 3.17. The van der Waals surface area contributed by atoms with Crippen LogP contribution in [0.15, 0.2) is 48.5 Å². The van der Waals surface area contributed by atoms with Crippen LogP contribution in [0.2, 0.25) is 0 Å². The van der Waals surface area contributed by atoms with E-state index in [1.807, 2.05) is 42.5 Å². The molecule has 0 aliphatic carbocycles. The number of amides is 1. The number of fused-ring (bicyclic) bond motifs is 1. The first-order valence-corrected chi connectivity index (χ1v) is 8.53. The Bertz CT molecular complexity index is 776. The van der Waals surface area contributed by atoms with E-state index in [1.54, 1.807) is 11.0 Å². The largest absolute Gasteiger partial charge is 0.372 e. The Hall–Kier alpha value is -2.62. The lowest BCUT2D eigenvalue weighted by molar-refractivity contribution is 0.0955. The van der Waals surface area contributed by atoms with Crippen LogP contribution in [0.5, 0.6) is 0 Å². The number of nitrogens with zero attached hydrogens (tertiary/aromatic N) is 2. The van der Waals surface area contributed by atoms with Crippen molar-refractivity contribution < 1.29 is 9.59 Å². The summed E-state index contributed by atoms with van der Waals surface area (Å²) < 4.78 is 0. The van der Waals surface area contributed by atoms with E-state index in [0.29, 0.717) is 24.1 Å². The maximum atomic E-state index is 12.9. The molecule has 0 spiro atoms. The molecular weight excluding hydrogens is 300 g/mol. The zero-order chi connectivity index (χ0) is 16.5. The van der Waals surface area contributed by atoms with E-state index in [9.17, 15) is 9.59 Å². The highest BCUT2D eigenvalue weighted by Crippen LogP contribution is 2.29. The molecule has 2 aliphatic rings. The molecule has 2 aromatic carbocycles. The Balaban J connectivity index is 1.60. The first kappa shape index (κ1) is 14.9. The minimum Gasteiger partial charge on any atom is -0.372 e. The number of benzene rings is 2. The molecule has 1 saturated heterocycles. The van der Waals surface area contributed by atoms with Crippen LogP contribution >= 0.6 is 0 Å². The quantitative estimate of drug-likeness (QED) is 0.850. The Morgan fingerprint density at radius 2 is 1.58 bits per heavy atom. The van der Waals surface area contributed by atoms with Crippen molar-refractivity contribution in [2.45, 2.75) is 19.3 Å². The number of rotatable bonds is 2. The number of carbonyl (C=O) groups excluding carboxylic acids is 2. The molecule has 0 unspecified atom stereocenters. The third kappa shape index (κ3) is 2.58. The summed E-state index contributed by atoms with van der Waals surface area (Å²) in [6.45, 7) is 2.63. The number of para-hydroxylation sites is 1. The van der Waals surface area contributed by atoms with Crippen molar-refractivity contribution in [2.24, 2.45) is 0 Å². The lowest BCUT2D eigenvalue weighted by Crippen LogP contribution is -2.37. The number of ketones is 1. The van der Waals surface area contributed by atoms with E-state index in [-0.39, 0.29) is 11.7 Å². The molecule has 4 rings (SSSR count). The normalized spacial score (nSPS) is 17.1. The third-order valence-corrected chi connectivity index (χ3v) is 4.89. The molecular formula is C20H20N2O2. The Morgan fingerprint density at radius 1 is 0.875 bits per heavy atom. The van der Waals surface area contributed by atoms with Gasteiger partial charge in [-0.1, -0.05) is 12.1 Å². The highest BCUT2D eigenvalue weighted by Gasteiger charge is 2.27. The zero-order valence-electron chi connectivity index (χ0n) is 13.6. The summed E-state index contributed by atoms with van der Waals surface area (Å²) in [6.07, 6.45) is 2.85. The van der Waals surface area contributed by atoms with E-state index in [4.69, 9.17) is 0 Å². The van der Waals surface area contributed by atoms with Gasteiger partial charge < -0.3 is 9.80 Å². The molecule has 0 atom stereocenters. The maximum absolute atomic E-state index is 12.9. The SMILES string of the molecule is O=C1CCN(C(=O)c2ccc(N3CCCC3)cc2)c2ccccc21. The predicted octanol–water partition coefficient (Wildman–Crippen LogP) is 3.52. The molecule has 2 aromatic rings. The molecule has 1 fully saturated rings. The number of Topliss-reactive ketones (excluding diaryl/α,β-unsaturated/α-hetero) is 1. The van der Waals surface area contributed by atoms with Gasteiger partial charge in [0.15, 0.2) is 5.78 Å². The summed E-state index contributed by atoms with van der Waals surface area (Å²) in [7, 11) is 0. The van der Waals surface area contributed by atoms with E-state index >= 15 is 0 Å². The molecule has 0 bridgehead atoms. The van der Waals surface area contributed by atoms with Gasteiger partial charge in [-0.05, 0) is 49.2 Å². The van der Waals surface area contributed by atoms with Crippen molar-refractivity contribution >= 4 is 23.1 Å². The monoisotopic (exact) mass is 320 g/mol. The summed E-state index contributed by atoms with van der Waals surface area (Å²) >= 11 is 0. The van der Waals surface area contributed by atoms with Crippen molar-refractivity contribution in [1.29, 1.82) is 0 Å².